The van der Waals surface area contributed by atoms with Crippen LogP contribution in [-0.2, 0) is 19.1 Å². The van der Waals surface area contributed by atoms with E-state index in [1.54, 1.807) is 12.1 Å². The third-order valence-electron chi connectivity index (χ3n) is 1.84. The largest absolute Gasteiger partial charge is 0.466 e. The number of ether oxygens (including phenoxy) is 2. The van der Waals surface area contributed by atoms with Crippen LogP contribution in [-0.4, -0.2) is 50.7 Å². The lowest BCUT2D eigenvalue weighted by molar-refractivity contribution is -0.186. The fraction of sp³-hybridized carbons (Fsp3) is 0.889. The molecule has 88 valence electrons. The van der Waals surface area contributed by atoms with Crippen LogP contribution in [0, 0.1) is 0 Å². The van der Waals surface area contributed by atoms with Gasteiger partial charge in [-0.3, -0.25) is 9.63 Å². The molecule has 1 aliphatic heterocycles. The second-order valence-corrected chi connectivity index (χ2v) is 3.01. The molecule has 0 aromatic heterocycles. The Morgan fingerprint density at radius 3 is 3.13 bits per heavy atom. The van der Waals surface area contributed by atoms with E-state index in [4.69, 9.17) is 14.3 Å². The Morgan fingerprint density at radius 2 is 2.33 bits per heavy atom. The van der Waals surface area contributed by atoms with Crippen LogP contribution in [0.3, 0.4) is 0 Å². The molecule has 1 aliphatic rings. The molecule has 1 heterocycles. The van der Waals surface area contributed by atoms with E-state index in [1.165, 1.54) is 0 Å². The molecule has 1 N–H and O–H groups in total. The van der Waals surface area contributed by atoms with Gasteiger partial charge < -0.3 is 9.47 Å². The molecule has 1 rings (SSSR count). The average molecular weight is 218 g/mol. The van der Waals surface area contributed by atoms with Gasteiger partial charge in [-0.15, -0.1) is 5.17 Å². The number of hydroxylamine groups is 1. The Kier molecular flexibility index (Phi) is 6.26. The molecule has 0 aromatic rings. The Bertz CT molecular complexity index is 181. The first kappa shape index (κ1) is 12.4. The molecule has 0 spiro atoms. The predicted molar refractivity (Wildman–Crippen MR) is 52.7 cm³/mol. The molecule has 0 amide bonds. The minimum Gasteiger partial charge on any atom is -0.466 e. The number of rotatable bonds is 5. The summed E-state index contributed by atoms with van der Waals surface area (Å²) in [6, 6.07) is 0. The van der Waals surface area contributed by atoms with Crippen molar-refractivity contribution < 1.29 is 19.1 Å². The topological polar surface area (TPSA) is 60.0 Å². The first-order valence-electron chi connectivity index (χ1n) is 5.20. The summed E-state index contributed by atoms with van der Waals surface area (Å²) in [5.74, 6) is -0.198. The average Bonchev–Trinajstić information content (AvgIpc) is 2.47. The summed E-state index contributed by atoms with van der Waals surface area (Å²) in [4.78, 5) is 16.3. The Labute approximate surface area is 89.4 Å². The van der Waals surface area contributed by atoms with Crippen LogP contribution in [0.15, 0.2) is 0 Å². The molecule has 0 aromatic carbocycles. The first-order chi connectivity index (χ1) is 7.33. The second kappa shape index (κ2) is 7.58. The smallest absolute Gasteiger partial charge is 0.307 e. The quantitative estimate of drug-likeness (QED) is 0.640. The first-order valence-corrected chi connectivity index (χ1v) is 5.20. The number of hydrogen-bond donors (Lipinski definition) is 1. The molecule has 0 unspecified atom stereocenters. The van der Waals surface area contributed by atoms with Gasteiger partial charge in [0, 0.05) is 6.54 Å². The van der Waals surface area contributed by atoms with Gasteiger partial charge in [0.05, 0.1) is 39.4 Å². The number of nitrogens with zero attached hydrogens (tertiary/aromatic N) is 1. The van der Waals surface area contributed by atoms with Crippen LogP contribution in [0.4, 0.5) is 0 Å². The SMILES string of the molecule is CCOC(=O)CCNN1CCOCCO1. The van der Waals surface area contributed by atoms with Gasteiger partial charge in [0.2, 0.25) is 0 Å². The summed E-state index contributed by atoms with van der Waals surface area (Å²) in [5, 5.41) is 1.60. The van der Waals surface area contributed by atoms with E-state index in [0.717, 1.165) is 0 Å². The Balaban J connectivity index is 2.05. The zero-order valence-corrected chi connectivity index (χ0v) is 9.03. The van der Waals surface area contributed by atoms with Gasteiger partial charge in [-0.25, -0.2) is 5.43 Å². The molecule has 1 saturated heterocycles. The van der Waals surface area contributed by atoms with Crippen LogP contribution >= 0.6 is 0 Å². The summed E-state index contributed by atoms with van der Waals surface area (Å²) in [5.41, 5.74) is 2.98. The third kappa shape index (κ3) is 5.68. The summed E-state index contributed by atoms with van der Waals surface area (Å²) < 4.78 is 9.99. The third-order valence-corrected chi connectivity index (χ3v) is 1.84. The van der Waals surface area contributed by atoms with E-state index in [2.05, 4.69) is 5.43 Å². The van der Waals surface area contributed by atoms with Crippen molar-refractivity contribution in [3.05, 3.63) is 0 Å². The van der Waals surface area contributed by atoms with Crippen molar-refractivity contribution in [2.45, 2.75) is 13.3 Å². The van der Waals surface area contributed by atoms with Gasteiger partial charge in [0.15, 0.2) is 0 Å². The highest BCUT2D eigenvalue weighted by Gasteiger charge is 2.09. The summed E-state index contributed by atoms with van der Waals surface area (Å²) in [6.07, 6.45) is 0.342. The van der Waals surface area contributed by atoms with Crippen molar-refractivity contribution in [1.82, 2.24) is 10.6 Å². The number of hydrogen-bond acceptors (Lipinski definition) is 6. The lowest BCUT2D eigenvalue weighted by Crippen LogP contribution is -2.40. The minimum atomic E-state index is -0.198. The van der Waals surface area contributed by atoms with Crippen LogP contribution < -0.4 is 5.43 Å². The van der Waals surface area contributed by atoms with Gasteiger partial charge in [-0.05, 0) is 6.92 Å². The van der Waals surface area contributed by atoms with Gasteiger partial charge >= 0.3 is 5.97 Å². The normalized spacial score (nSPS) is 18.5. The number of hydrazine groups is 1. The predicted octanol–water partition coefficient (Wildman–Crippen LogP) is -0.292. The van der Waals surface area contributed by atoms with Crippen LogP contribution in [0.5, 0.6) is 0 Å². The fourth-order valence-electron chi connectivity index (χ4n) is 1.16. The molecule has 6 heteroatoms. The Morgan fingerprint density at radius 1 is 1.47 bits per heavy atom. The van der Waals surface area contributed by atoms with Gasteiger partial charge in [0.1, 0.15) is 0 Å². The van der Waals surface area contributed by atoms with E-state index >= 15 is 0 Å². The summed E-state index contributed by atoms with van der Waals surface area (Å²) in [6.45, 7) is 5.16. The highest BCUT2D eigenvalue weighted by molar-refractivity contribution is 5.69. The summed E-state index contributed by atoms with van der Waals surface area (Å²) in [7, 11) is 0. The highest BCUT2D eigenvalue weighted by Crippen LogP contribution is 1.93. The van der Waals surface area contributed by atoms with Crippen LogP contribution in [0.1, 0.15) is 13.3 Å². The lowest BCUT2D eigenvalue weighted by Gasteiger charge is -2.18. The van der Waals surface area contributed by atoms with Crippen molar-refractivity contribution in [3.8, 4) is 0 Å². The van der Waals surface area contributed by atoms with Gasteiger partial charge in [-0.1, -0.05) is 0 Å². The maximum absolute atomic E-state index is 11.0. The van der Waals surface area contributed by atoms with Crippen LogP contribution in [0.25, 0.3) is 0 Å². The molecule has 15 heavy (non-hydrogen) atoms. The maximum atomic E-state index is 11.0. The van der Waals surface area contributed by atoms with E-state index < -0.39 is 0 Å². The van der Waals surface area contributed by atoms with E-state index in [9.17, 15) is 4.79 Å². The van der Waals surface area contributed by atoms with E-state index in [-0.39, 0.29) is 5.97 Å². The van der Waals surface area contributed by atoms with Gasteiger partial charge in [-0.2, -0.15) is 0 Å². The van der Waals surface area contributed by atoms with Gasteiger partial charge in [0.25, 0.3) is 0 Å². The number of carbonyl (C=O) groups is 1. The minimum absolute atomic E-state index is 0.198. The lowest BCUT2D eigenvalue weighted by atomic mass is 10.4. The molecule has 0 saturated carbocycles. The molecule has 0 radical (unpaired) electrons. The Hall–Kier alpha value is -0.690. The fourth-order valence-corrected chi connectivity index (χ4v) is 1.16. The molecule has 0 bridgehead atoms. The number of esters is 1. The van der Waals surface area contributed by atoms with E-state index in [1.807, 2.05) is 0 Å². The summed E-state index contributed by atoms with van der Waals surface area (Å²) >= 11 is 0. The number of carbonyl (C=O) groups excluding carboxylic acids is 1. The van der Waals surface area contributed by atoms with Crippen molar-refractivity contribution in [1.29, 1.82) is 0 Å². The zero-order chi connectivity index (χ0) is 10.9. The molecular weight excluding hydrogens is 200 g/mol. The zero-order valence-electron chi connectivity index (χ0n) is 9.03. The monoisotopic (exact) mass is 218 g/mol. The van der Waals surface area contributed by atoms with Crippen molar-refractivity contribution in [2.24, 2.45) is 0 Å². The maximum Gasteiger partial charge on any atom is 0.307 e. The molecule has 6 nitrogen and oxygen atoms in total. The van der Waals surface area contributed by atoms with Crippen molar-refractivity contribution >= 4 is 5.97 Å². The molecule has 0 atom stereocenters. The second-order valence-electron chi connectivity index (χ2n) is 3.01. The molecule has 0 aliphatic carbocycles. The van der Waals surface area contributed by atoms with Crippen molar-refractivity contribution in [3.63, 3.8) is 0 Å². The van der Waals surface area contributed by atoms with E-state index in [0.29, 0.717) is 45.9 Å². The number of nitrogens with one attached hydrogen (secondary N) is 1. The van der Waals surface area contributed by atoms with Crippen molar-refractivity contribution in [2.75, 3.05) is 39.5 Å². The van der Waals surface area contributed by atoms with Crippen LogP contribution in [0.2, 0.25) is 0 Å². The molecular formula is C9H18N2O4. The standard InChI is InChI=1S/C9H18N2O4/c1-2-14-9(12)3-4-10-11-5-6-13-7-8-15-11/h10H,2-8H2,1H3. The molecule has 1 fully saturated rings. The highest BCUT2D eigenvalue weighted by atomic mass is 16.7.